The SMILES string of the molecule is CNC(=O)C1CCCN(C(=O)NCc2c[nH]c3ccccc23)C1. The Kier molecular flexibility index (Phi) is 4.50. The number of carbonyl (C=O) groups excluding carboxylic acids is 2. The van der Waals surface area contributed by atoms with Crippen molar-refractivity contribution in [2.24, 2.45) is 5.92 Å². The topological polar surface area (TPSA) is 77.2 Å². The molecule has 6 nitrogen and oxygen atoms in total. The minimum atomic E-state index is -0.108. The van der Waals surface area contributed by atoms with E-state index >= 15 is 0 Å². The number of hydrogen-bond acceptors (Lipinski definition) is 2. The van der Waals surface area contributed by atoms with Gasteiger partial charge in [-0.05, 0) is 24.5 Å². The molecular weight excluding hydrogens is 292 g/mol. The second kappa shape index (κ2) is 6.73. The van der Waals surface area contributed by atoms with E-state index in [0.29, 0.717) is 19.6 Å². The number of fused-ring (bicyclic) bond motifs is 1. The van der Waals surface area contributed by atoms with E-state index in [0.717, 1.165) is 29.3 Å². The van der Waals surface area contributed by atoms with Crippen LogP contribution in [-0.2, 0) is 11.3 Å². The molecule has 3 N–H and O–H groups in total. The Morgan fingerprint density at radius 2 is 2.17 bits per heavy atom. The number of amides is 3. The van der Waals surface area contributed by atoms with E-state index < -0.39 is 0 Å². The number of carbonyl (C=O) groups is 2. The van der Waals surface area contributed by atoms with E-state index in [1.54, 1.807) is 11.9 Å². The van der Waals surface area contributed by atoms with E-state index in [2.05, 4.69) is 15.6 Å². The van der Waals surface area contributed by atoms with Crippen LogP contribution in [0.15, 0.2) is 30.5 Å². The van der Waals surface area contributed by atoms with Gasteiger partial charge in [-0.1, -0.05) is 18.2 Å². The maximum absolute atomic E-state index is 12.4. The number of rotatable bonds is 3. The maximum Gasteiger partial charge on any atom is 0.317 e. The molecule has 2 heterocycles. The standard InChI is InChI=1S/C17H22N4O2/c1-18-16(22)12-5-4-8-21(11-12)17(23)20-10-13-9-19-15-7-3-2-6-14(13)15/h2-3,6-7,9,12,19H,4-5,8,10-11H2,1H3,(H,18,22)(H,20,23). The Morgan fingerprint density at radius 1 is 1.35 bits per heavy atom. The summed E-state index contributed by atoms with van der Waals surface area (Å²) < 4.78 is 0. The molecule has 0 bridgehead atoms. The van der Waals surface area contributed by atoms with E-state index in [-0.39, 0.29) is 17.9 Å². The minimum absolute atomic E-state index is 0.0131. The summed E-state index contributed by atoms with van der Waals surface area (Å²) in [6.45, 7) is 1.66. The Labute approximate surface area is 135 Å². The van der Waals surface area contributed by atoms with Crippen LogP contribution in [0.2, 0.25) is 0 Å². The third-order valence-electron chi connectivity index (χ3n) is 4.43. The summed E-state index contributed by atoms with van der Waals surface area (Å²) in [6.07, 6.45) is 3.62. The molecule has 3 amide bonds. The monoisotopic (exact) mass is 314 g/mol. The van der Waals surface area contributed by atoms with E-state index in [1.165, 1.54) is 0 Å². The molecule has 6 heteroatoms. The van der Waals surface area contributed by atoms with Crippen LogP contribution in [0.1, 0.15) is 18.4 Å². The molecule has 1 fully saturated rings. The molecule has 0 aliphatic carbocycles. The number of urea groups is 1. The molecule has 3 rings (SSSR count). The van der Waals surface area contributed by atoms with Crippen LogP contribution < -0.4 is 10.6 Å². The number of aromatic nitrogens is 1. The lowest BCUT2D eigenvalue weighted by Crippen LogP contribution is -2.48. The number of piperidine rings is 1. The van der Waals surface area contributed by atoms with Gasteiger partial charge in [0.05, 0.1) is 5.92 Å². The molecule has 1 aliphatic heterocycles. The van der Waals surface area contributed by atoms with Gasteiger partial charge >= 0.3 is 6.03 Å². The average Bonchev–Trinajstić information content (AvgIpc) is 3.02. The number of hydrogen-bond donors (Lipinski definition) is 3. The highest BCUT2D eigenvalue weighted by Gasteiger charge is 2.27. The van der Waals surface area contributed by atoms with Gasteiger partial charge in [0.2, 0.25) is 5.91 Å². The first-order chi connectivity index (χ1) is 11.2. The molecule has 23 heavy (non-hydrogen) atoms. The fraction of sp³-hybridized carbons (Fsp3) is 0.412. The molecule has 1 unspecified atom stereocenters. The van der Waals surface area contributed by atoms with Crippen LogP contribution in [0.25, 0.3) is 10.9 Å². The fourth-order valence-electron chi connectivity index (χ4n) is 3.14. The summed E-state index contributed by atoms with van der Waals surface area (Å²) in [6, 6.07) is 7.91. The molecular formula is C17H22N4O2. The predicted molar refractivity (Wildman–Crippen MR) is 88.9 cm³/mol. The molecule has 0 spiro atoms. The number of nitrogens with one attached hydrogen (secondary N) is 3. The fourth-order valence-corrected chi connectivity index (χ4v) is 3.14. The van der Waals surface area contributed by atoms with Crippen molar-refractivity contribution in [1.82, 2.24) is 20.5 Å². The van der Waals surface area contributed by atoms with Gasteiger partial charge in [0.1, 0.15) is 0 Å². The Morgan fingerprint density at radius 3 is 3.00 bits per heavy atom. The number of para-hydroxylation sites is 1. The number of nitrogens with zero attached hydrogens (tertiary/aromatic N) is 1. The first-order valence-corrected chi connectivity index (χ1v) is 7.98. The summed E-state index contributed by atoms with van der Waals surface area (Å²) in [5.74, 6) is -0.0910. The largest absolute Gasteiger partial charge is 0.361 e. The lowest BCUT2D eigenvalue weighted by atomic mass is 9.97. The Hall–Kier alpha value is -2.50. The third kappa shape index (κ3) is 3.31. The number of likely N-dealkylation sites (tertiary alicyclic amines) is 1. The molecule has 0 saturated carbocycles. The normalized spacial score (nSPS) is 18.0. The maximum atomic E-state index is 12.4. The van der Waals surface area contributed by atoms with Gasteiger partial charge in [-0.2, -0.15) is 0 Å². The van der Waals surface area contributed by atoms with Crippen molar-refractivity contribution < 1.29 is 9.59 Å². The highest BCUT2D eigenvalue weighted by atomic mass is 16.2. The van der Waals surface area contributed by atoms with Crippen LogP contribution in [-0.4, -0.2) is 42.0 Å². The van der Waals surface area contributed by atoms with Crippen molar-refractivity contribution in [3.8, 4) is 0 Å². The van der Waals surface area contributed by atoms with Crippen LogP contribution in [0, 0.1) is 5.92 Å². The zero-order chi connectivity index (χ0) is 16.2. The summed E-state index contributed by atoms with van der Waals surface area (Å²) in [5, 5.41) is 6.75. The lowest BCUT2D eigenvalue weighted by Gasteiger charge is -2.31. The van der Waals surface area contributed by atoms with Crippen molar-refractivity contribution in [2.75, 3.05) is 20.1 Å². The highest BCUT2D eigenvalue weighted by molar-refractivity contribution is 5.84. The first kappa shape index (κ1) is 15.4. The van der Waals surface area contributed by atoms with E-state index in [9.17, 15) is 9.59 Å². The number of H-pyrrole nitrogens is 1. The minimum Gasteiger partial charge on any atom is -0.361 e. The second-order valence-electron chi connectivity index (χ2n) is 5.92. The molecule has 2 aromatic rings. The van der Waals surface area contributed by atoms with Crippen molar-refractivity contribution in [3.05, 3.63) is 36.0 Å². The molecule has 1 aromatic heterocycles. The summed E-state index contributed by atoms with van der Waals surface area (Å²) in [5.41, 5.74) is 2.13. The average molecular weight is 314 g/mol. The molecule has 1 saturated heterocycles. The van der Waals surface area contributed by atoms with Crippen molar-refractivity contribution in [3.63, 3.8) is 0 Å². The summed E-state index contributed by atoms with van der Waals surface area (Å²) >= 11 is 0. The summed E-state index contributed by atoms with van der Waals surface area (Å²) in [4.78, 5) is 29.0. The molecule has 1 aromatic carbocycles. The van der Waals surface area contributed by atoms with Gasteiger partial charge in [-0.25, -0.2) is 4.79 Å². The number of aromatic amines is 1. The zero-order valence-corrected chi connectivity index (χ0v) is 13.3. The van der Waals surface area contributed by atoms with Gasteiger partial charge in [0.25, 0.3) is 0 Å². The predicted octanol–water partition coefficient (Wildman–Crippen LogP) is 1.84. The molecule has 1 atom stereocenters. The third-order valence-corrected chi connectivity index (χ3v) is 4.43. The van der Waals surface area contributed by atoms with Crippen LogP contribution in [0.3, 0.4) is 0 Å². The molecule has 1 aliphatic rings. The summed E-state index contributed by atoms with van der Waals surface area (Å²) in [7, 11) is 1.64. The quantitative estimate of drug-likeness (QED) is 0.808. The lowest BCUT2D eigenvalue weighted by molar-refractivity contribution is -0.125. The zero-order valence-electron chi connectivity index (χ0n) is 13.3. The van der Waals surface area contributed by atoms with Gasteiger partial charge in [0, 0.05) is 43.8 Å². The Bertz CT molecular complexity index is 709. The molecule has 122 valence electrons. The van der Waals surface area contributed by atoms with Crippen LogP contribution >= 0.6 is 0 Å². The van der Waals surface area contributed by atoms with Crippen LogP contribution in [0.5, 0.6) is 0 Å². The number of benzene rings is 1. The van der Waals surface area contributed by atoms with Crippen molar-refractivity contribution >= 4 is 22.8 Å². The van der Waals surface area contributed by atoms with Crippen LogP contribution in [0.4, 0.5) is 4.79 Å². The highest BCUT2D eigenvalue weighted by Crippen LogP contribution is 2.19. The van der Waals surface area contributed by atoms with Crippen molar-refractivity contribution in [2.45, 2.75) is 19.4 Å². The smallest absolute Gasteiger partial charge is 0.317 e. The molecule has 0 radical (unpaired) electrons. The van der Waals surface area contributed by atoms with Gasteiger partial charge in [0.15, 0.2) is 0 Å². The van der Waals surface area contributed by atoms with Crippen molar-refractivity contribution in [1.29, 1.82) is 0 Å². The van der Waals surface area contributed by atoms with Gasteiger partial charge in [-0.3, -0.25) is 4.79 Å². The Balaban J connectivity index is 1.60. The first-order valence-electron chi connectivity index (χ1n) is 7.98. The second-order valence-corrected chi connectivity index (χ2v) is 5.92. The van der Waals surface area contributed by atoms with E-state index in [4.69, 9.17) is 0 Å². The van der Waals surface area contributed by atoms with Gasteiger partial charge in [-0.15, -0.1) is 0 Å². The van der Waals surface area contributed by atoms with E-state index in [1.807, 2.05) is 30.5 Å². The van der Waals surface area contributed by atoms with Gasteiger partial charge < -0.3 is 20.5 Å².